The Kier molecular flexibility index (Phi) is 7.52. The molecule has 1 aromatic carbocycles. The fraction of sp³-hybridized carbons (Fsp3) is 0.452. The van der Waals surface area contributed by atoms with Crippen molar-refractivity contribution in [1.82, 2.24) is 4.90 Å². The number of hydrogen-bond acceptors (Lipinski definition) is 8. The molecule has 5 rings (SSSR count). The van der Waals surface area contributed by atoms with Crippen LogP contribution in [-0.2, 0) is 24.5 Å². The summed E-state index contributed by atoms with van der Waals surface area (Å²) in [5.74, 6) is 0.0427. The largest absolute Gasteiger partial charge is 0.492 e. The number of imide groups is 1. The average molecular weight is 601 g/mol. The highest BCUT2D eigenvalue weighted by atomic mass is 35.5. The number of amidine groups is 1. The fourth-order valence-electron chi connectivity index (χ4n) is 5.06. The van der Waals surface area contributed by atoms with E-state index in [0.717, 1.165) is 0 Å². The summed E-state index contributed by atoms with van der Waals surface area (Å²) in [4.78, 5) is 32.3. The van der Waals surface area contributed by atoms with E-state index >= 15 is 4.39 Å². The van der Waals surface area contributed by atoms with Crippen molar-refractivity contribution < 1.29 is 37.7 Å². The Labute approximate surface area is 249 Å². The summed E-state index contributed by atoms with van der Waals surface area (Å²) in [7, 11) is 0. The van der Waals surface area contributed by atoms with E-state index < -0.39 is 40.2 Å². The first kappa shape index (κ1) is 29.8. The standard InChI is InChI=1S/C31H34ClFN2O7/c1-28(2,3)41-26(36)35(27(37)42-29(4,5)6)25-34-31(18-40-25)22-13-19(21-14-20(32)9-7-8-10-23(21)33)11-12-24(22)39-17-30(31)15-38-16-30/h7-14H,15-18H2,1-6H3/b8-7?,9-7+,10-8+,20-9?,20-14?,21-14?,23-10?,23-21?. The number of amides is 2. The third-order valence-electron chi connectivity index (χ3n) is 7.06. The first-order valence-electron chi connectivity index (χ1n) is 13.6. The number of hydrogen-bond donors (Lipinski definition) is 0. The van der Waals surface area contributed by atoms with Gasteiger partial charge in [-0.1, -0.05) is 29.8 Å². The summed E-state index contributed by atoms with van der Waals surface area (Å²) in [6, 6.07) is 5.00. The van der Waals surface area contributed by atoms with Crippen LogP contribution in [-0.4, -0.2) is 60.7 Å². The maximum atomic E-state index is 15.2. The maximum Gasteiger partial charge on any atom is 0.428 e. The summed E-state index contributed by atoms with van der Waals surface area (Å²) >= 11 is 6.31. The Balaban J connectivity index is 1.64. The van der Waals surface area contributed by atoms with Crippen molar-refractivity contribution in [2.75, 3.05) is 26.4 Å². The number of ether oxygens (including phenoxy) is 5. The summed E-state index contributed by atoms with van der Waals surface area (Å²) in [5, 5.41) is 0.354. The van der Waals surface area contributed by atoms with Gasteiger partial charge in [-0.15, -0.1) is 4.90 Å². The van der Waals surface area contributed by atoms with Crippen LogP contribution < -0.4 is 4.74 Å². The van der Waals surface area contributed by atoms with Crippen LogP contribution in [0.5, 0.6) is 5.75 Å². The molecule has 0 N–H and O–H groups in total. The van der Waals surface area contributed by atoms with Crippen LogP contribution in [0, 0.1) is 5.41 Å². The van der Waals surface area contributed by atoms with Gasteiger partial charge in [0.2, 0.25) is 0 Å². The smallest absolute Gasteiger partial charge is 0.428 e. The van der Waals surface area contributed by atoms with E-state index in [1.807, 2.05) is 0 Å². The molecule has 0 saturated carbocycles. The van der Waals surface area contributed by atoms with Gasteiger partial charge < -0.3 is 23.7 Å². The van der Waals surface area contributed by atoms with Crippen molar-refractivity contribution in [3.05, 3.63) is 70.6 Å². The molecule has 4 aliphatic rings. The molecule has 1 saturated heterocycles. The van der Waals surface area contributed by atoms with Gasteiger partial charge >= 0.3 is 18.2 Å². The summed E-state index contributed by atoms with van der Waals surface area (Å²) in [6.45, 7) is 10.9. The van der Waals surface area contributed by atoms with Crippen LogP contribution in [0.2, 0.25) is 0 Å². The molecule has 3 heterocycles. The number of benzene rings is 1. The number of halogens is 2. The van der Waals surface area contributed by atoms with Gasteiger partial charge in [0, 0.05) is 16.2 Å². The number of allylic oxidation sites excluding steroid dienone is 8. The Morgan fingerprint density at radius 2 is 1.60 bits per heavy atom. The van der Waals surface area contributed by atoms with Crippen molar-refractivity contribution in [3.63, 3.8) is 0 Å². The zero-order valence-corrected chi connectivity index (χ0v) is 25.2. The van der Waals surface area contributed by atoms with Gasteiger partial charge in [-0.2, -0.15) is 0 Å². The molecule has 1 aliphatic carbocycles. The van der Waals surface area contributed by atoms with Gasteiger partial charge in [0.05, 0.1) is 18.6 Å². The van der Waals surface area contributed by atoms with Crippen LogP contribution in [0.25, 0.3) is 5.57 Å². The normalized spacial score (nSPS) is 24.2. The second-order valence-electron chi connectivity index (χ2n) is 12.6. The lowest BCUT2D eigenvalue weighted by atomic mass is 9.64. The van der Waals surface area contributed by atoms with E-state index in [1.54, 1.807) is 84.0 Å². The summed E-state index contributed by atoms with van der Waals surface area (Å²) < 4.78 is 44.1. The van der Waals surface area contributed by atoms with Gasteiger partial charge in [0.25, 0.3) is 0 Å². The van der Waals surface area contributed by atoms with Gasteiger partial charge in [-0.25, -0.2) is 19.0 Å². The number of rotatable bonds is 1. The molecule has 42 heavy (non-hydrogen) atoms. The van der Waals surface area contributed by atoms with Crippen molar-refractivity contribution in [2.45, 2.75) is 58.3 Å². The first-order chi connectivity index (χ1) is 19.6. The number of fused-ring (bicyclic) bond motifs is 3. The number of aliphatic imine (C=N–C) groups is 1. The van der Waals surface area contributed by atoms with Gasteiger partial charge in [0.1, 0.15) is 41.5 Å². The maximum absolute atomic E-state index is 15.2. The molecule has 9 nitrogen and oxygen atoms in total. The third-order valence-corrected chi connectivity index (χ3v) is 7.30. The second-order valence-corrected chi connectivity index (χ2v) is 13.1. The van der Waals surface area contributed by atoms with Gasteiger partial charge in [-0.05, 0) is 77.5 Å². The van der Waals surface area contributed by atoms with Gasteiger partial charge in [-0.3, -0.25) is 0 Å². The van der Waals surface area contributed by atoms with Gasteiger partial charge in [0.15, 0.2) is 0 Å². The highest BCUT2D eigenvalue weighted by Gasteiger charge is 2.65. The van der Waals surface area contributed by atoms with Crippen LogP contribution in [0.15, 0.2) is 64.4 Å². The number of carbonyl (C=O) groups is 2. The number of carbonyl (C=O) groups excluding carboxylic acids is 2. The summed E-state index contributed by atoms with van der Waals surface area (Å²) in [5.41, 5.74) is -2.22. The van der Waals surface area contributed by atoms with Crippen LogP contribution in [0.1, 0.15) is 52.7 Å². The second kappa shape index (κ2) is 10.6. The Bertz CT molecular complexity index is 1430. The molecule has 0 aromatic heterocycles. The first-order valence-corrected chi connectivity index (χ1v) is 14.0. The SMILES string of the molecule is CC(C)(C)OC(=O)N(C(=O)OC(C)(C)C)C1=NC2(CO1)c1cc(C3=C(F)/C=C/C=C/C(Cl)=C3)ccc1OCC21COC1. The predicted molar refractivity (Wildman–Crippen MR) is 155 cm³/mol. The zero-order valence-electron chi connectivity index (χ0n) is 24.5. The summed E-state index contributed by atoms with van der Waals surface area (Å²) in [6.07, 6.45) is 5.80. The van der Waals surface area contributed by atoms with E-state index in [9.17, 15) is 9.59 Å². The zero-order chi connectivity index (χ0) is 30.5. The number of nitrogens with zero attached hydrogens (tertiary/aromatic N) is 2. The lowest BCUT2D eigenvalue weighted by Crippen LogP contribution is -2.63. The van der Waals surface area contributed by atoms with E-state index in [4.69, 9.17) is 40.3 Å². The minimum atomic E-state index is -1.13. The lowest BCUT2D eigenvalue weighted by molar-refractivity contribution is -0.185. The Morgan fingerprint density at radius 3 is 2.19 bits per heavy atom. The van der Waals surface area contributed by atoms with E-state index in [2.05, 4.69) is 0 Å². The van der Waals surface area contributed by atoms with Crippen molar-refractivity contribution in [2.24, 2.45) is 10.4 Å². The average Bonchev–Trinajstić information content (AvgIpc) is 3.26. The molecule has 0 radical (unpaired) electrons. The quantitative estimate of drug-likeness (QED) is 0.351. The third kappa shape index (κ3) is 5.57. The molecule has 1 fully saturated rings. The molecule has 2 spiro atoms. The highest BCUT2D eigenvalue weighted by Crippen LogP contribution is 2.56. The van der Waals surface area contributed by atoms with E-state index in [1.165, 1.54) is 6.08 Å². The lowest BCUT2D eigenvalue weighted by Gasteiger charge is -2.53. The van der Waals surface area contributed by atoms with Crippen LogP contribution in [0.4, 0.5) is 14.0 Å². The molecule has 1 aromatic rings. The predicted octanol–water partition coefficient (Wildman–Crippen LogP) is 6.78. The highest BCUT2D eigenvalue weighted by molar-refractivity contribution is 6.32. The molecule has 1 atom stereocenters. The van der Waals surface area contributed by atoms with Crippen LogP contribution in [0.3, 0.4) is 0 Å². The Morgan fingerprint density at radius 1 is 0.952 bits per heavy atom. The minimum absolute atomic E-state index is 0.0334. The fourth-order valence-corrected chi connectivity index (χ4v) is 5.24. The monoisotopic (exact) mass is 600 g/mol. The molecule has 3 aliphatic heterocycles. The molecule has 1 unspecified atom stereocenters. The van der Waals surface area contributed by atoms with Crippen molar-refractivity contribution in [3.8, 4) is 5.75 Å². The van der Waals surface area contributed by atoms with Crippen molar-refractivity contribution >= 4 is 35.4 Å². The van der Waals surface area contributed by atoms with E-state index in [0.29, 0.717) is 40.0 Å². The van der Waals surface area contributed by atoms with Crippen molar-refractivity contribution in [1.29, 1.82) is 0 Å². The molecular weight excluding hydrogens is 567 g/mol. The molecule has 0 bridgehead atoms. The minimum Gasteiger partial charge on any atom is -0.492 e. The molecule has 11 heteroatoms. The molecule has 2 amide bonds. The van der Waals surface area contributed by atoms with Crippen LogP contribution >= 0.6 is 11.6 Å². The molecular formula is C31H34ClFN2O7. The van der Waals surface area contributed by atoms with E-state index in [-0.39, 0.29) is 24.8 Å². The molecule has 224 valence electrons. The topological polar surface area (TPSA) is 95.9 Å². The Hall–Kier alpha value is -3.63.